The highest BCUT2D eigenvalue weighted by atomic mass is 16.6. The summed E-state index contributed by atoms with van der Waals surface area (Å²) in [6.45, 7) is 0.558. The van der Waals surface area contributed by atoms with Gasteiger partial charge in [-0.15, -0.1) is 0 Å². The van der Waals surface area contributed by atoms with Gasteiger partial charge in [-0.2, -0.15) is 5.10 Å². The molecule has 0 bridgehead atoms. The van der Waals surface area contributed by atoms with E-state index in [0.29, 0.717) is 6.61 Å². The average Bonchev–Trinajstić information content (AvgIpc) is 2.89. The van der Waals surface area contributed by atoms with E-state index in [9.17, 15) is 0 Å². The Balaban J connectivity index is 1.71. The SMILES string of the molecule is CNC(Cc1cnn(C)c1)C1COc2ccccc2O1. The molecule has 0 saturated carbocycles. The fourth-order valence-corrected chi connectivity index (χ4v) is 2.48. The van der Waals surface area contributed by atoms with Crippen LogP contribution in [0.3, 0.4) is 0 Å². The van der Waals surface area contributed by atoms with E-state index in [0.717, 1.165) is 17.9 Å². The van der Waals surface area contributed by atoms with Gasteiger partial charge in [0, 0.05) is 13.2 Å². The summed E-state index contributed by atoms with van der Waals surface area (Å²) in [5.74, 6) is 1.63. The normalized spacial score (nSPS) is 18.8. The molecule has 0 radical (unpaired) electrons. The molecule has 3 rings (SSSR count). The third-order valence-electron chi connectivity index (χ3n) is 3.56. The quantitative estimate of drug-likeness (QED) is 0.914. The molecule has 0 fully saturated rings. The molecule has 2 heterocycles. The molecule has 5 heteroatoms. The number of nitrogens with zero attached hydrogens (tertiary/aromatic N) is 2. The van der Waals surface area contributed by atoms with Crippen LogP contribution in [-0.2, 0) is 13.5 Å². The van der Waals surface area contributed by atoms with Crippen LogP contribution in [0, 0.1) is 0 Å². The molecular weight excluding hydrogens is 254 g/mol. The van der Waals surface area contributed by atoms with Gasteiger partial charge in [-0.3, -0.25) is 4.68 Å². The van der Waals surface area contributed by atoms with E-state index in [2.05, 4.69) is 10.4 Å². The van der Waals surface area contributed by atoms with Crippen molar-refractivity contribution in [3.05, 3.63) is 42.2 Å². The molecule has 0 amide bonds. The molecule has 2 aromatic rings. The average molecular weight is 273 g/mol. The van der Waals surface area contributed by atoms with Crippen molar-refractivity contribution in [2.45, 2.75) is 18.6 Å². The topological polar surface area (TPSA) is 48.3 Å². The van der Waals surface area contributed by atoms with Gasteiger partial charge in [-0.25, -0.2) is 0 Å². The second-order valence-corrected chi connectivity index (χ2v) is 5.04. The summed E-state index contributed by atoms with van der Waals surface area (Å²) < 4.78 is 13.6. The summed E-state index contributed by atoms with van der Waals surface area (Å²) in [6.07, 6.45) is 4.78. The molecule has 1 N–H and O–H groups in total. The molecule has 2 unspecified atom stereocenters. The summed E-state index contributed by atoms with van der Waals surface area (Å²) in [4.78, 5) is 0. The van der Waals surface area contributed by atoms with Gasteiger partial charge in [-0.1, -0.05) is 12.1 Å². The van der Waals surface area contributed by atoms with E-state index in [1.807, 2.05) is 55.4 Å². The second-order valence-electron chi connectivity index (χ2n) is 5.04. The molecule has 1 aliphatic heterocycles. The fraction of sp³-hybridized carbons (Fsp3) is 0.400. The van der Waals surface area contributed by atoms with Gasteiger partial charge in [0.05, 0.1) is 12.2 Å². The van der Waals surface area contributed by atoms with Gasteiger partial charge < -0.3 is 14.8 Å². The Morgan fingerprint density at radius 1 is 1.40 bits per heavy atom. The fourth-order valence-electron chi connectivity index (χ4n) is 2.48. The minimum atomic E-state index is -0.00453. The Labute approximate surface area is 118 Å². The van der Waals surface area contributed by atoms with Crippen LogP contribution in [0.1, 0.15) is 5.56 Å². The first-order valence-corrected chi connectivity index (χ1v) is 6.79. The summed E-state index contributed by atoms with van der Waals surface area (Å²) in [7, 11) is 3.87. The highest BCUT2D eigenvalue weighted by Crippen LogP contribution is 2.31. The molecule has 0 saturated heterocycles. The zero-order valence-electron chi connectivity index (χ0n) is 11.7. The third kappa shape index (κ3) is 2.63. The number of likely N-dealkylation sites (N-methyl/N-ethyl adjacent to an activating group) is 1. The Hall–Kier alpha value is -2.01. The minimum absolute atomic E-state index is 0.00453. The molecular formula is C15H19N3O2. The van der Waals surface area contributed by atoms with Gasteiger partial charge >= 0.3 is 0 Å². The van der Waals surface area contributed by atoms with Crippen molar-refractivity contribution in [3.63, 3.8) is 0 Å². The smallest absolute Gasteiger partial charge is 0.161 e. The van der Waals surface area contributed by atoms with E-state index in [1.165, 1.54) is 5.56 Å². The number of aryl methyl sites for hydroxylation is 1. The zero-order valence-corrected chi connectivity index (χ0v) is 11.7. The van der Waals surface area contributed by atoms with E-state index < -0.39 is 0 Å². The number of nitrogens with one attached hydrogen (secondary N) is 1. The van der Waals surface area contributed by atoms with E-state index in [4.69, 9.17) is 9.47 Å². The van der Waals surface area contributed by atoms with E-state index >= 15 is 0 Å². The molecule has 0 spiro atoms. The molecule has 20 heavy (non-hydrogen) atoms. The maximum Gasteiger partial charge on any atom is 0.161 e. The van der Waals surface area contributed by atoms with Gasteiger partial charge in [-0.05, 0) is 31.2 Å². The second kappa shape index (κ2) is 5.54. The van der Waals surface area contributed by atoms with Crippen molar-refractivity contribution in [3.8, 4) is 11.5 Å². The predicted octanol–water partition coefficient (Wildman–Crippen LogP) is 1.39. The molecule has 2 atom stereocenters. The van der Waals surface area contributed by atoms with Crippen LogP contribution < -0.4 is 14.8 Å². The third-order valence-corrected chi connectivity index (χ3v) is 3.56. The van der Waals surface area contributed by atoms with Crippen LogP contribution in [0.15, 0.2) is 36.7 Å². The Bertz CT molecular complexity index is 582. The van der Waals surface area contributed by atoms with Gasteiger partial charge in [0.2, 0.25) is 0 Å². The van der Waals surface area contributed by atoms with Crippen LogP contribution in [0.2, 0.25) is 0 Å². The number of rotatable bonds is 4. The number of aromatic nitrogens is 2. The molecule has 5 nitrogen and oxygen atoms in total. The molecule has 106 valence electrons. The molecule has 0 aliphatic carbocycles. The minimum Gasteiger partial charge on any atom is -0.486 e. The van der Waals surface area contributed by atoms with Crippen molar-refractivity contribution in [1.82, 2.24) is 15.1 Å². The first-order chi connectivity index (χ1) is 9.76. The number of para-hydroxylation sites is 2. The van der Waals surface area contributed by atoms with Crippen molar-refractivity contribution >= 4 is 0 Å². The lowest BCUT2D eigenvalue weighted by atomic mass is 10.0. The zero-order chi connectivity index (χ0) is 13.9. The molecule has 1 aromatic carbocycles. The van der Waals surface area contributed by atoms with Crippen molar-refractivity contribution in [1.29, 1.82) is 0 Å². The predicted molar refractivity (Wildman–Crippen MR) is 76.1 cm³/mol. The van der Waals surface area contributed by atoms with Crippen molar-refractivity contribution < 1.29 is 9.47 Å². The van der Waals surface area contributed by atoms with Gasteiger partial charge in [0.25, 0.3) is 0 Å². The largest absolute Gasteiger partial charge is 0.486 e. The van der Waals surface area contributed by atoms with Crippen LogP contribution in [-0.4, -0.2) is 35.6 Å². The standard InChI is InChI=1S/C15H19N3O2/c1-16-12(7-11-8-17-18(2)9-11)15-10-19-13-5-3-4-6-14(13)20-15/h3-6,8-9,12,15-16H,7,10H2,1-2H3. The van der Waals surface area contributed by atoms with Crippen molar-refractivity contribution in [2.24, 2.45) is 7.05 Å². The summed E-state index contributed by atoms with van der Waals surface area (Å²) >= 11 is 0. The van der Waals surface area contributed by atoms with Crippen LogP contribution in [0.5, 0.6) is 11.5 Å². The Morgan fingerprint density at radius 2 is 2.20 bits per heavy atom. The number of benzene rings is 1. The summed E-state index contributed by atoms with van der Waals surface area (Å²) in [5.41, 5.74) is 1.19. The lowest BCUT2D eigenvalue weighted by molar-refractivity contribution is 0.0641. The highest BCUT2D eigenvalue weighted by Gasteiger charge is 2.28. The number of hydrogen-bond donors (Lipinski definition) is 1. The van der Waals surface area contributed by atoms with Gasteiger partial charge in [0.1, 0.15) is 12.7 Å². The van der Waals surface area contributed by atoms with E-state index in [1.54, 1.807) is 0 Å². The van der Waals surface area contributed by atoms with E-state index in [-0.39, 0.29) is 12.1 Å². The monoisotopic (exact) mass is 273 g/mol. The summed E-state index contributed by atoms with van der Waals surface area (Å²) in [6, 6.07) is 7.97. The number of fused-ring (bicyclic) bond motifs is 1. The number of ether oxygens (including phenoxy) is 2. The molecule has 1 aliphatic rings. The Kier molecular flexibility index (Phi) is 3.60. The molecule has 1 aromatic heterocycles. The van der Waals surface area contributed by atoms with Gasteiger partial charge in [0.15, 0.2) is 11.5 Å². The van der Waals surface area contributed by atoms with Crippen LogP contribution in [0.4, 0.5) is 0 Å². The summed E-state index contributed by atoms with van der Waals surface area (Å²) in [5, 5.41) is 7.52. The number of hydrogen-bond acceptors (Lipinski definition) is 4. The van der Waals surface area contributed by atoms with Crippen LogP contribution in [0.25, 0.3) is 0 Å². The van der Waals surface area contributed by atoms with Crippen molar-refractivity contribution in [2.75, 3.05) is 13.7 Å². The first kappa shape index (κ1) is 13.0. The first-order valence-electron chi connectivity index (χ1n) is 6.79. The van der Waals surface area contributed by atoms with Crippen LogP contribution >= 0.6 is 0 Å². The maximum absolute atomic E-state index is 6.05. The maximum atomic E-state index is 6.05. The lowest BCUT2D eigenvalue weighted by Gasteiger charge is -2.32. The lowest BCUT2D eigenvalue weighted by Crippen LogP contribution is -2.47. The highest BCUT2D eigenvalue weighted by molar-refractivity contribution is 5.40. The Morgan fingerprint density at radius 3 is 2.90 bits per heavy atom.